The third-order valence-corrected chi connectivity index (χ3v) is 6.28. The Morgan fingerprint density at radius 1 is 1.03 bits per heavy atom. The van der Waals surface area contributed by atoms with Crippen LogP contribution in [0.5, 0.6) is 0 Å². The van der Waals surface area contributed by atoms with Crippen LogP contribution in [0, 0.1) is 0 Å². The Bertz CT molecular complexity index is 724. The second kappa shape index (κ2) is 15.5. The van der Waals surface area contributed by atoms with Gasteiger partial charge in [0.15, 0.2) is 0 Å². The number of nitrogens with one attached hydrogen (secondary N) is 2. The van der Waals surface area contributed by atoms with Crippen molar-refractivity contribution in [1.82, 2.24) is 15.5 Å². The lowest BCUT2D eigenvalue weighted by atomic mass is 10.0. The van der Waals surface area contributed by atoms with Gasteiger partial charge in [-0.15, -0.1) is 0 Å². The first kappa shape index (κ1) is 29.7. The van der Waals surface area contributed by atoms with E-state index < -0.39 is 60.2 Å². The van der Waals surface area contributed by atoms with Crippen molar-refractivity contribution in [2.24, 2.45) is 11.5 Å². The summed E-state index contributed by atoms with van der Waals surface area (Å²) in [5.74, 6) is -3.44. The number of carboxylic acids is 2. The molecule has 0 aromatic rings. The van der Waals surface area contributed by atoms with E-state index in [0.29, 0.717) is 38.0 Å². The summed E-state index contributed by atoms with van der Waals surface area (Å²) >= 11 is 1.54. The zero-order valence-electron chi connectivity index (χ0n) is 19.5. The average Bonchev–Trinajstić information content (AvgIpc) is 3.29. The molecule has 1 rings (SSSR count). The van der Waals surface area contributed by atoms with Crippen LogP contribution in [0.25, 0.3) is 0 Å². The van der Waals surface area contributed by atoms with Crippen LogP contribution in [-0.4, -0.2) is 94.0 Å². The third kappa shape index (κ3) is 9.85. The highest BCUT2D eigenvalue weighted by Crippen LogP contribution is 2.20. The molecule has 1 saturated heterocycles. The minimum atomic E-state index is -1.23. The van der Waals surface area contributed by atoms with Crippen LogP contribution in [0.15, 0.2) is 0 Å². The lowest BCUT2D eigenvalue weighted by Crippen LogP contribution is -2.57. The molecule has 0 aliphatic carbocycles. The third-order valence-electron chi connectivity index (χ3n) is 5.63. The summed E-state index contributed by atoms with van der Waals surface area (Å²) in [6.07, 6.45) is 3.90. The van der Waals surface area contributed by atoms with Crippen LogP contribution in [-0.2, 0) is 24.0 Å². The Morgan fingerprint density at radius 2 is 1.71 bits per heavy atom. The van der Waals surface area contributed by atoms with Gasteiger partial charge in [0.1, 0.15) is 18.1 Å². The topological polar surface area (TPSA) is 205 Å². The molecule has 1 heterocycles. The molecule has 0 aromatic carbocycles. The maximum Gasteiger partial charge on any atom is 0.326 e. The lowest BCUT2D eigenvalue weighted by molar-refractivity contribution is -0.150. The predicted octanol–water partition coefficient (Wildman–Crippen LogP) is -0.894. The summed E-state index contributed by atoms with van der Waals surface area (Å²) in [4.78, 5) is 62.4. The number of amides is 3. The van der Waals surface area contributed by atoms with E-state index in [1.54, 1.807) is 0 Å². The molecule has 0 radical (unpaired) electrons. The van der Waals surface area contributed by atoms with Crippen LogP contribution in [0.3, 0.4) is 0 Å². The summed E-state index contributed by atoms with van der Waals surface area (Å²) in [5, 5.41) is 23.6. The number of nitrogens with two attached hydrogens (primary N) is 2. The molecule has 1 aliphatic rings. The van der Waals surface area contributed by atoms with Gasteiger partial charge in [-0.25, -0.2) is 4.79 Å². The van der Waals surface area contributed by atoms with Gasteiger partial charge in [-0.2, -0.15) is 11.8 Å². The van der Waals surface area contributed by atoms with Crippen molar-refractivity contribution in [1.29, 1.82) is 0 Å². The van der Waals surface area contributed by atoms with Gasteiger partial charge in [-0.05, 0) is 63.5 Å². The molecule has 34 heavy (non-hydrogen) atoms. The molecule has 4 atom stereocenters. The van der Waals surface area contributed by atoms with Crippen molar-refractivity contribution < 1.29 is 34.2 Å². The number of likely N-dealkylation sites (tertiary alicyclic amines) is 1. The normalized spacial score (nSPS) is 18.1. The predicted molar refractivity (Wildman–Crippen MR) is 127 cm³/mol. The number of rotatable bonds is 16. The number of carbonyl (C=O) groups is 5. The summed E-state index contributed by atoms with van der Waals surface area (Å²) in [6, 6.07) is -4.05. The number of hydrogen-bond donors (Lipinski definition) is 6. The van der Waals surface area contributed by atoms with Gasteiger partial charge in [-0.1, -0.05) is 0 Å². The van der Waals surface area contributed by atoms with Crippen molar-refractivity contribution >= 4 is 41.4 Å². The molecule has 194 valence electrons. The Balaban J connectivity index is 2.98. The zero-order chi connectivity index (χ0) is 25.7. The van der Waals surface area contributed by atoms with Crippen molar-refractivity contribution in [3.63, 3.8) is 0 Å². The van der Waals surface area contributed by atoms with Crippen LogP contribution < -0.4 is 22.1 Å². The summed E-state index contributed by atoms with van der Waals surface area (Å²) in [6.45, 7) is 0.608. The summed E-state index contributed by atoms with van der Waals surface area (Å²) < 4.78 is 0. The minimum absolute atomic E-state index is 0.205. The van der Waals surface area contributed by atoms with Gasteiger partial charge in [0.25, 0.3) is 0 Å². The van der Waals surface area contributed by atoms with Gasteiger partial charge in [-0.3, -0.25) is 19.2 Å². The highest BCUT2D eigenvalue weighted by Gasteiger charge is 2.38. The Kier molecular flexibility index (Phi) is 13.5. The molecule has 3 amide bonds. The maximum atomic E-state index is 13.1. The van der Waals surface area contributed by atoms with E-state index in [1.165, 1.54) is 11.8 Å². The van der Waals surface area contributed by atoms with Gasteiger partial charge >= 0.3 is 11.9 Å². The van der Waals surface area contributed by atoms with Crippen LogP contribution in [0.2, 0.25) is 0 Å². The fourth-order valence-electron chi connectivity index (χ4n) is 3.70. The van der Waals surface area contributed by atoms with Crippen molar-refractivity contribution in [2.45, 2.75) is 75.5 Å². The second-order valence-corrected chi connectivity index (χ2v) is 9.24. The molecule has 13 heteroatoms. The molecule has 12 nitrogen and oxygen atoms in total. The highest BCUT2D eigenvalue weighted by molar-refractivity contribution is 7.98. The molecule has 0 spiro atoms. The summed E-state index contributed by atoms with van der Waals surface area (Å²) in [7, 11) is 0. The Hall–Kier alpha value is -2.38. The van der Waals surface area contributed by atoms with Gasteiger partial charge in [0, 0.05) is 13.0 Å². The molecule has 0 saturated carbocycles. The minimum Gasteiger partial charge on any atom is -0.481 e. The fraction of sp³-hybridized carbons (Fsp3) is 0.762. The fourth-order valence-corrected chi connectivity index (χ4v) is 4.19. The number of hydrogen-bond acceptors (Lipinski definition) is 8. The van der Waals surface area contributed by atoms with E-state index in [1.807, 2.05) is 6.26 Å². The largest absolute Gasteiger partial charge is 0.481 e. The maximum absolute atomic E-state index is 13.1. The molecule has 0 aromatic heterocycles. The van der Waals surface area contributed by atoms with Gasteiger partial charge in [0.2, 0.25) is 17.7 Å². The Labute approximate surface area is 203 Å². The van der Waals surface area contributed by atoms with E-state index in [0.717, 1.165) is 4.90 Å². The van der Waals surface area contributed by atoms with Crippen molar-refractivity contribution in [3.05, 3.63) is 0 Å². The van der Waals surface area contributed by atoms with Crippen molar-refractivity contribution in [3.8, 4) is 0 Å². The molecule has 1 fully saturated rings. The average molecular weight is 504 g/mol. The van der Waals surface area contributed by atoms with Gasteiger partial charge < -0.3 is 37.2 Å². The summed E-state index contributed by atoms with van der Waals surface area (Å²) in [5.41, 5.74) is 11.4. The lowest BCUT2D eigenvalue weighted by Gasteiger charge is -2.29. The van der Waals surface area contributed by atoms with Crippen LogP contribution in [0.1, 0.15) is 51.4 Å². The molecule has 4 unspecified atom stereocenters. The number of unbranched alkanes of at least 4 members (excludes halogenated alkanes) is 1. The number of carboxylic acid groups (broad SMARTS) is 2. The number of nitrogens with zero attached hydrogens (tertiary/aromatic N) is 1. The standard InChI is InChI=1S/C21H37N5O7S/c1-34-12-9-13(23)18(29)24-14(5-2-3-10-22)19(30)25-15(7-8-17(27)28)20(31)26-11-4-6-16(26)21(32)33/h13-16H,2-12,22-23H2,1H3,(H,24,29)(H,25,30)(H,27,28)(H,32,33). The molecular weight excluding hydrogens is 466 g/mol. The molecule has 0 bridgehead atoms. The van der Waals surface area contributed by atoms with Gasteiger partial charge in [0.05, 0.1) is 6.04 Å². The number of aliphatic carboxylic acids is 2. The zero-order valence-corrected chi connectivity index (χ0v) is 20.3. The van der Waals surface area contributed by atoms with E-state index >= 15 is 0 Å². The number of thioether (sulfide) groups is 1. The van der Waals surface area contributed by atoms with E-state index in [9.17, 15) is 29.1 Å². The molecular formula is C21H37N5O7S. The number of carbonyl (C=O) groups excluding carboxylic acids is 3. The van der Waals surface area contributed by atoms with Crippen molar-refractivity contribution in [2.75, 3.05) is 25.1 Å². The van der Waals surface area contributed by atoms with E-state index in [-0.39, 0.29) is 25.8 Å². The molecule has 1 aliphatic heterocycles. The van der Waals surface area contributed by atoms with Crippen LogP contribution >= 0.6 is 11.8 Å². The second-order valence-electron chi connectivity index (χ2n) is 8.26. The first-order valence-corrected chi connectivity index (χ1v) is 12.8. The smallest absolute Gasteiger partial charge is 0.326 e. The monoisotopic (exact) mass is 503 g/mol. The molecule has 8 N–H and O–H groups in total. The van der Waals surface area contributed by atoms with E-state index in [2.05, 4.69) is 10.6 Å². The van der Waals surface area contributed by atoms with Crippen LogP contribution in [0.4, 0.5) is 0 Å². The highest BCUT2D eigenvalue weighted by atomic mass is 32.2. The Morgan fingerprint density at radius 3 is 2.29 bits per heavy atom. The van der Waals surface area contributed by atoms with E-state index in [4.69, 9.17) is 16.6 Å². The first-order valence-electron chi connectivity index (χ1n) is 11.4. The quantitative estimate of drug-likeness (QED) is 0.143. The first-order chi connectivity index (χ1) is 16.1. The SMILES string of the molecule is CSCCC(N)C(=O)NC(CCCCN)C(=O)NC(CCC(=O)O)C(=O)N1CCCC1C(=O)O.